The van der Waals surface area contributed by atoms with Crippen LogP contribution in [-0.2, 0) is 28.5 Å². The lowest BCUT2D eigenvalue weighted by atomic mass is 9.77. The molecule has 1 fully saturated rings. The second kappa shape index (κ2) is 11.9. The zero-order chi connectivity index (χ0) is 29.3. The first-order valence-corrected chi connectivity index (χ1v) is 14.0. The van der Waals surface area contributed by atoms with Crippen molar-refractivity contribution in [3.8, 4) is 11.1 Å². The first kappa shape index (κ1) is 29.2. The van der Waals surface area contributed by atoms with Gasteiger partial charge in [0, 0.05) is 42.1 Å². The highest BCUT2D eigenvalue weighted by Gasteiger charge is 2.36. The van der Waals surface area contributed by atoms with Crippen LogP contribution in [0.4, 0.5) is 22.0 Å². The van der Waals surface area contributed by atoms with Gasteiger partial charge in [-0.3, -0.25) is 9.78 Å². The maximum atomic E-state index is 16.0. The van der Waals surface area contributed by atoms with Gasteiger partial charge >= 0.3 is 12.1 Å². The fourth-order valence-electron chi connectivity index (χ4n) is 6.24. The van der Waals surface area contributed by atoms with Gasteiger partial charge in [0.1, 0.15) is 12.0 Å². The summed E-state index contributed by atoms with van der Waals surface area (Å²) in [5.74, 6) is -0.951. The maximum absolute atomic E-state index is 16.0. The van der Waals surface area contributed by atoms with Crippen LogP contribution in [0, 0.1) is 11.7 Å². The number of esters is 1. The molecule has 3 unspecified atom stereocenters. The van der Waals surface area contributed by atoms with Crippen molar-refractivity contribution in [2.45, 2.75) is 76.2 Å². The van der Waals surface area contributed by atoms with E-state index in [9.17, 15) is 27.5 Å². The minimum Gasteiger partial charge on any atom is -0.466 e. The molecule has 0 spiro atoms. The van der Waals surface area contributed by atoms with Gasteiger partial charge in [0.2, 0.25) is 0 Å². The second-order valence-electron chi connectivity index (χ2n) is 11.1. The van der Waals surface area contributed by atoms with Crippen molar-refractivity contribution in [2.75, 3.05) is 6.61 Å². The van der Waals surface area contributed by atoms with Crippen molar-refractivity contribution < 1.29 is 36.6 Å². The van der Waals surface area contributed by atoms with Crippen LogP contribution in [0.2, 0.25) is 0 Å². The van der Waals surface area contributed by atoms with E-state index in [1.165, 1.54) is 19.1 Å². The lowest BCUT2D eigenvalue weighted by Gasteiger charge is -2.33. The first-order valence-electron chi connectivity index (χ1n) is 14.0. The van der Waals surface area contributed by atoms with Crippen molar-refractivity contribution in [3.05, 3.63) is 88.0 Å². The molecule has 9 heteroatoms. The molecular formula is C32H32F5NO3. The van der Waals surface area contributed by atoms with Crippen molar-refractivity contribution in [3.63, 3.8) is 0 Å². The first-order chi connectivity index (χ1) is 19.5. The molecule has 1 heterocycles. The van der Waals surface area contributed by atoms with E-state index in [0.717, 1.165) is 55.6 Å². The predicted molar refractivity (Wildman–Crippen MR) is 143 cm³/mol. The molecule has 2 aliphatic rings. The number of hydrogen-bond acceptors (Lipinski definition) is 4. The van der Waals surface area contributed by atoms with Gasteiger partial charge in [0.25, 0.3) is 0 Å². The van der Waals surface area contributed by atoms with Gasteiger partial charge < -0.3 is 9.84 Å². The molecule has 3 atom stereocenters. The van der Waals surface area contributed by atoms with Gasteiger partial charge in [-0.2, -0.15) is 13.2 Å². The molecule has 1 aromatic heterocycles. The third kappa shape index (κ3) is 6.45. The van der Waals surface area contributed by atoms with Crippen LogP contribution in [0.25, 0.3) is 11.1 Å². The van der Waals surface area contributed by atoms with Gasteiger partial charge in [0.15, 0.2) is 0 Å². The number of halogens is 5. The Hall–Kier alpha value is -3.33. The smallest absolute Gasteiger partial charge is 0.416 e. The van der Waals surface area contributed by atoms with E-state index in [0.29, 0.717) is 40.8 Å². The summed E-state index contributed by atoms with van der Waals surface area (Å²) < 4.78 is 74.4. The predicted octanol–water partition coefficient (Wildman–Crippen LogP) is 7.98. The van der Waals surface area contributed by atoms with Gasteiger partial charge in [-0.05, 0) is 72.2 Å². The lowest BCUT2D eigenvalue weighted by Crippen LogP contribution is -2.27. The number of fused-ring (bicyclic) bond motifs is 1. The van der Waals surface area contributed by atoms with Crippen LogP contribution in [0.5, 0.6) is 0 Å². The summed E-state index contributed by atoms with van der Waals surface area (Å²) in [5, 5.41) is 11.4. The Balaban J connectivity index is 1.63. The van der Waals surface area contributed by atoms with Crippen LogP contribution < -0.4 is 0 Å². The maximum Gasteiger partial charge on any atom is 0.416 e. The third-order valence-electron chi connectivity index (χ3n) is 8.20. The Kier molecular flexibility index (Phi) is 8.45. The number of aliphatic hydroxyl groups excluding tert-OH is 1. The highest BCUT2D eigenvalue weighted by Crippen LogP contribution is 2.46. The molecule has 41 heavy (non-hydrogen) atoms. The van der Waals surface area contributed by atoms with Gasteiger partial charge in [-0.1, -0.05) is 37.1 Å². The average Bonchev–Trinajstić information content (AvgIpc) is 3.47. The number of aliphatic hydroxyl groups is 1. The molecule has 1 N–H and O–H groups in total. The van der Waals surface area contributed by atoms with Crippen LogP contribution in [0.3, 0.4) is 0 Å². The Labute approximate surface area is 235 Å². The van der Waals surface area contributed by atoms with E-state index in [2.05, 4.69) is 0 Å². The Morgan fingerprint density at radius 2 is 1.73 bits per heavy atom. The highest BCUT2D eigenvalue weighted by molar-refractivity contribution is 5.74. The highest BCUT2D eigenvalue weighted by atomic mass is 19.4. The van der Waals surface area contributed by atoms with E-state index >= 15 is 4.39 Å². The summed E-state index contributed by atoms with van der Waals surface area (Å²) in [6.07, 6.45) is -2.84. The third-order valence-corrected chi connectivity index (χ3v) is 8.20. The molecular weight excluding hydrogens is 541 g/mol. The zero-order valence-corrected chi connectivity index (χ0v) is 22.7. The van der Waals surface area contributed by atoms with Gasteiger partial charge in [-0.15, -0.1) is 0 Å². The quantitative estimate of drug-likeness (QED) is 0.230. The number of carbonyl (C=O) groups excluding carboxylic acids is 1. The molecule has 1 saturated carbocycles. The van der Waals surface area contributed by atoms with E-state index in [1.54, 1.807) is 12.1 Å². The molecule has 0 radical (unpaired) electrons. The summed E-state index contributed by atoms with van der Waals surface area (Å²) in [6, 6.07) is 9.86. The average molecular weight is 574 g/mol. The molecule has 4 nitrogen and oxygen atoms in total. The molecule has 5 rings (SSSR count). The standard InChI is InChI=1S/C32H32F5NO3/c1-18(39)41-17-19-14-27-30(28(40)15-19)29(21-8-12-24(33)13-9-21)25(31(38-27)22-4-2-3-5-22)16-26(34)20-6-10-23(11-7-20)32(35,36)37/h6-13,19,22,26,28,40H,2-5,14-17H2,1H3. The number of aromatic nitrogens is 1. The normalized spacial score (nSPS) is 20.1. The monoisotopic (exact) mass is 573 g/mol. The van der Waals surface area contributed by atoms with Crippen LogP contribution in [0.1, 0.15) is 90.9 Å². The largest absolute Gasteiger partial charge is 0.466 e. The number of alkyl halides is 4. The van der Waals surface area contributed by atoms with Crippen molar-refractivity contribution in [1.82, 2.24) is 4.98 Å². The molecule has 0 amide bonds. The number of ether oxygens (including phenoxy) is 1. The SMILES string of the molecule is CC(=O)OCC1Cc2nc(C3CCCC3)c(CC(F)c3ccc(C(F)(F)F)cc3)c(-c3ccc(F)cc3)c2C(O)C1. The van der Waals surface area contributed by atoms with Crippen molar-refractivity contribution in [1.29, 1.82) is 0 Å². The molecule has 3 aromatic rings. The van der Waals surface area contributed by atoms with Crippen LogP contribution in [0.15, 0.2) is 48.5 Å². The number of rotatable bonds is 7. The molecule has 2 aromatic carbocycles. The van der Waals surface area contributed by atoms with E-state index in [1.807, 2.05) is 0 Å². The number of pyridine rings is 1. The fourth-order valence-corrected chi connectivity index (χ4v) is 6.24. The number of carbonyl (C=O) groups is 1. The zero-order valence-electron chi connectivity index (χ0n) is 22.7. The van der Waals surface area contributed by atoms with Crippen LogP contribution >= 0.6 is 0 Å². The molecule has 2 aliphatic carbocycles. The van der Waals surface area contributed by atoms with E-state index < -0.39 is 35.8 Å². The minimum absolute atomic E-state index is 0.0558. The Morgan fingerprint density at radius 1 is 1.07 bits per heavy atom. The Morgan fingerprint density at radius 3 is 2.34 bits per heavy atom. The molecule has 0 saturated heterocycles. The number of hydrogen-bond donors (Lipinski definition) is 1. The number of benzene rings is 2. The Bertz CT molecular complexity index is 1380. The summed E-state index contributed by atoms with van der Waals surface area (Å²) in [7, 11) is 0. The van der Waals surface area contributed by atoms with E-state index in [-0.39, 0.29) is 30.4 Å². The molecule has 0 aliphatic heterocycles. The van der Waals surface area contributed by atoms with Gasteiger partial charge in [0.05, 0.1) is 18.3 Å². The second-order valence-corrected chi connectivity index (χ2v) is 11.1. The summed E-state index contributed by atoms with van der Waals surface area (Å²) in [5.41, 5.74) is 2.97. The minimum atomic E-state index is -4.53. The fraction of sp³-hybridized carbons (Fsp3) is 0.438. The van der Waals surface area contributed by atoms with Gasteiger partial charge in [-0.25, -0.2) is 8.78 Å². The van der Waals surface area contributed by atoms with Crippen LogP contribution in [-0.4, -0.2) is 22.7 Å². The summed E-state index contributed by atoms with van der Waals surface area (Å²) in [6.45, 7) is 1.47. The van der Waals surface area contributed by atoms with Crippen molar-refractivity contribution >= 4 is 5.97 Å². The topological polar surface area (TPSA) is 59.4 Å². The van der Waals surface area contributed by atoms with E-state index in [4.69, 9.17) is 9.72 Å². The summed E-state index contributed by atoms with van der Waals surface area (Å²) in [4.78, 5) is 16.4. The summed E-state index contributed by atoms with van der Waals surface area (Å²) >= 11 is 0. The lowest BCUT2D eigenvalue weighted by molar-refractivity contribution is -0.142. The molecule has 0 bridgehead atoms. The molecule has 218 valence electrons. The van der Waals surface area contributed by atoms with Crippen molar-refractivity contribution in [2.24, 2.45) is 5.92 Å². The number of nitrogens with zero attached hydrogens (tertiary/aromatic N) is 1.